The summed E-state index contributed by atoms with van der Waals surface area (Å²) in [7, 11) is 0. The van der Waals surface area contributed by atoms with Gasteiger partial charge in [-0.1, -0.05) is 38.1 Å². The predicted molar refractivity (Wildman–Crippen MR) is 81.8 cm³/mol. The molecule has 0 amide bonds. The van der Waals surface area contributed by atoms with Gasteiger partial charge in [0.25, 0.3) is 0 Å². The lowest BCUT2D eigenvalue weighted by molar-refractivity contribution is 0.0294. The van der Waals surface area contributed by atoms with Crippen molar-refractivity contribution in [2.45, 2.75) is 38.2 Å². The van der Waals surface area contributed by atoms with Crippen molar-refractivity contribution < 1.29 is 14.9 Å². The minimum Gasteiger partial charge on any atom is -0.508 e. The molecule has 0 bridgehead atoms. The van der Waals surface area contributed by atoms with Crippen LogP contribution in [0, 0.1) is 0 Å². The third-order valence-electron chi connectivity index (χ3n) is 4.31. The molecule has 0 saturated heterocycles. The van der Waals surface area contributed by atoms with Gasteiger partial charge in [-0.25, -0.2) is 0 Å². The summed E-state index contributed by atoms with van der Waals surface area (Å²) in [6.45, 7) is 6.34. The van der Waals surface area contributed by atoms with Gasteiger partial charge in [0.15, 0.2) is 11.5 Å². The zero-order valence-corrected chi connectivity index (χ0v) is 12.6. The van der Waals surface area contributed by atoms with Crippen LogP contribution in [0.15, 0.2) is 42.5 Å². The molecule has 0 spiro atoms. The van der Waals surface area contributed by atoms with Crippen LogP contribution in [-0.2, 0) is 11.0 Å². The van der Waals surface area contributed by atoms with Gasteiger partial charge < -0.3 is 14.9 Å². The van der Waals surface area contributed by atoms with E-state index in [0.717, 1.165) is 17.5 Å². The SMILES string of the molecule is CC1(C)CC(C)(c2ccc(O)cc2)Oc2c(O)cccc21. The van der Waals surface area contributed by atoms with Crippen molar-refractivity contribution in [3.05, 3.63) is 53.6 Å². The number of benzene rings is 2. The van der Waals surface area contributed by atoms with Gasteiger partial charge in [0, 0.05) is 12.0 Å². The van der Waals surface area contributed by atoms with Crippen molar-refractivity contribution in [2.75, 3.05) is 0 Å². The first-order valence-electron chi connectivity index (χ1n) is 7.13. The number of phenolic OH excluding ortho intramolecular Hbond substituents is 2. The van der Waals surface area contributed by atoms with Crippen LogP contribution in [0.25, 0.3) is 0 Å². The zero-order chi connectivity index (χ0) is 15.3. The Morgan fingerprint density at radius 3 is 2.29 bits per heavy atom. The molecular formula is C18H20O3. The molecule has 0 aliphatic carbocycles. The number of hydrogen-bond acceptors (Lipinski definition) is 3. The van der Waals surface area contributed by atoms with Gasteiger partial charge in [-0.2, -0.15) is 0 Å². The second-order valence-electron chi connectivity index (χ2n) is 6.59. The molecule has 21 heavy (non-hydrogen) atoms. The lowest BCUT2D eigenvalue weighted by Gasteiger charge is -2.44. The Labute approximate surface area is 124 Å². The van der Waals surface area contributed by atoms with Gasteiger partial charge in [0.05, 0.1) is 0 Å². The monoisotopic (exact) mass is 284 g/mol. The van der Waals surface area contributed by atoms with E-state index in [1.165, 1.54) is 0 Å². The quantitative estimate of drug-likeness (QED) is 0.829. The fourth-order valence-corrected chi connectivity index (χ4v) is 3.34. The van der Waals surface area contributed by atoms with Crippen molar-refractivity contribution in [1.82, 2.24) is 0 Å². The third kappa shape index (κ3) is 2.23. The first-order valence-corrected chi connectivity index (χ1v) is 7.13. The Balaban J connectivity index is 2.12. The van der Waals surface area contributed by atoms with E-state index in [1.54, 1.807) is 18.2 Å². The van der Waals surface area contributed by atoms with Gasteiger partial charge in [-0.05, 0) is 36.1 Å². The maximum Gasteiger partial charge on any atom is 0.165 e. The number of phenols is 2. The molecule has 1 heterocycles. The van der Waals surface area contributed by atoms with Crippen LogP contribution in [0.5, 0.6) is 17.2 Å². The van der Waals surface area contributed by atoms with Crippen molar-refractivity contribution >= 4 is 0 Å². The number of aromatic hydroxyl groups is 2. The fourth-order valence-electron chi connectivity index (χ4n) is 3.34. The average molecular weight is 284 g/mol. The molecular weight excluding hydrogens is 264 g/mol. The highest BCUT2D eigenvalue weighted by molar-refractivity contribution is 5.52. The molecule has 2 N–H and O–H groups in total. The van der Waals surface area contributed by atoms with Crippen LogP contribution >= 0.6 is 0 Å². The van der Waals surface area contributed by atoms with Gasteiger partial charge in [-0.3, -0.25) is 0 Å². The zero-order valence-electron chi connectivity index (χ0n) is 12.6. The number of fused-ring (bicyclic) bond motifs is 1. The fraction of sp³-hybridized carbons (Fsp3) is 0.333. The molecule has 0 aromatic heterocycles. The second-order valence-corrected chi connectivity index (χ2v) is 6.59. The average Bonchev–Trinajstić information content (AvgIpc) is 2.40. The van der Waals surface area contributed by atoms with Crippen LogP contribution in [-0.4, -0.2) is 10.2 Å². The molecule has 1 unspecified atom stereocenters. The first-order chi connectivity index (χ1) is 9.82. The van der Waals surface area contributed by atoms with E-state index < -0.39 is 5.60 Å². The third-order valence-corrected chi connectivity index (χ3v) is 4.31. The minimum atomic E-state index is -0.539. The summed E-state index contributed by atoms with van der Waals surface area (Å²) in [6.07, 6.45) is 0.793. The highest BCUT2D eigenvalue weighted by atomic mass is 16.5. The van der Waals surface area contributed by atoms with E-state index in [2.05, 4.69) is 13.8 Å². The molecule has 1 aliphatic rings. The summed E-state index contributed by atoms with van der Waals surface area (Å²) < 4.78 is 6.18. The normalized spacial score (nSPS) is 23.2. The summed E-state index contributed by atoms with van der Waals surface area (Å²) in [5, 5.41) is 19.6. The molecule has 2 aromatic rings. The topological polar surface area (TPSA) is 49.7 Å². The molecule has 3 heteroatoms. The Bertz CT molecular complexity index is 673. The van der Waals surface area contributed by atoms with E-state index in [4.69, 9.17) is 4.74 Å². The smallest absolute Gasteiger partial charge is 0.165 e. The van der Waals surface area contributed by atoms with Gasteiger partial charge in [0.2, 0.25) is 0 Å². The highest BCUT2D eigenvalue weighted by Gasteiger charge is 2.43. The van der Waals surface area contributed by atoms with Crippen molar-refractivity contribution in [1.29, 1.82) is 0 Å². The van der Waals surface area contributed by atoms with Gasteiger partial charge in [0.1, 0.15) is 11.4 Å². The Morgan fingerprint density at radius 1 is 0.952 bits per heavy atom. The second kappa shape index (κ2) is 4.42. The Hall–Kier alpha value is -2.16. The molecule has 2 aromatic carbocycles. The summed E-state index contributed by atoms with van der Waals surface area (Å²) in [5.41, 5.74) is 1.36. The number of para-hydroxylation sites is 1. The number of hydrogen-bond donors (Lipinski definition) is 2. The van der Waals surface area contributed by atoms with E-state index in [-0.39, 0.29) is 16.9 Å². The molecule has 0 radical (unpaired) electrons. The largest absolute Gasteiger partial charge is 0.508 e. The summed E-state index contributed by atoms with van der Waals surface area (Å²) in [6, 6.07) is 12.6. The Kier molecular flexibility index (Phi) is 2.90. The standard InChI is InChI=1S/C18H20O3/c1-17(2)11-18(3,12-7-9-13(19)10-8-12)21-16-14(17)5-4-6-15(16)20/h4-10,19-20H,11H2,1-3H3. The van der Waals surface area contributed by atoms with Crippen LogP contribution in [0.1, 0.15) is 38.3 Å². The maximum atomic E-state index is 10.1. The van der Waals surface area contributed by atoms with Crippen LogP contribution in [0.2, 0.25) is 0 Å². The number of rotatable bonds is 1. The maximum absolute atomic E-state index is 10.1. The Morgan fingerprint density at radius 2 is 1.62 bits per heavy atom. The van der Waals surface area contributed by atoms with Gasteiger partial charge in [-0.15, -0.1) is 0 Å². The van der Waals surface area contributed by atoms with Crippen LogP contribution < -0.4 is 4.74 Å². The van der Waals surface area contributed by atoms with Crippen LogP contribution in [0.3, 0.4) is 0 Å². The summed E-state index contributed by atoms with van der Waals surface area (Å²) in [5.74, 6) is 0.968. The molecule has 3 nitrogen and oxygen atoms in total. The molecule has 110 valence electrons. The molecule has 1 aliphatic heterocycles. The molecule has 1 atom stereocenters. The molecule has 3 rings (SSSR count). The van der Waals surface area contributed by atoms with E-state index in [9.17, 15) is 10.2 Å². The van der Waals surface area contributed by atoms with E-state index >= 15 is 0 Å². The van der Waals surface area contributed by atoms with Crippen molar-refractivity contribution in [2.24, 2.45) is 0 Å². The summed E-state index contributed by atoms with van der Waals surface area (Å²) >= 11 is 0. The van der Waals surface area contributed by atoms with E-state index in [1.807, 2.05) is 31.2 Å². The number of ether oxygens (including phenoxy) is 1. The molecule has 0 fully saturated rings. The highest BCUT2D eigenvalue weighted by Crippen LogP contribution is 2.51. The first kappa shape index (κ1) is 13.8. The summed E-state index contributed by atoms with van der Waals surface area (Å²) in [4.78, 5) is 0. The van der Waals surface area contributed by atoms with Crippen molar-refractivity contribution in [3.63, 3.8) is 0 Å². The van der Waals surface area contributed by atoms with E-state index in [0.29, 0.717) is 5.75 Å². The minimum absolute atomic E-state index is 0.112. The van der Waals surface area contributed by atoms with Gasteiger partial charge >= 0.3 is 0 Å². The lowest BCUT2D eigenvalue weighted by Crippen LogP contribution is -2.41. The van der Waals surface area contributed by atoms with Crippen LogP contribution in [0.4, 0.5) is 0 Å². The predicted octanol–water partition coefficient (Wildman–Crippen LogP) is 4.07. The molecule has 0 saturated carbocycles. The lowest BCUT2D eigenvalue weighted by atomic mass is 9.71. The van der Waals surface area contributed by atoms with Crippen molar-refractivity contribution in [3.8, 4) is 17.2 Å².